The Balaban J connectivity index is 2.27. The fraction of sp³-hybridized carbons (Fsp3) is 0.500. The summed E-state index contributed by atoms with van der Waals surface area (Å²) in [4.78, 5) is 17.0. The third kappa shape index (κ3) is 1.47. The lowest BCUT2D eigenvalue weighted by Gasteiger charge is -2.01. The molecule has 0 radical (unpaired) electrons. The molecule has 1 saturated carbocycles. The highest BCUT2D eigenvalue weighted by Gasteiger charge is 2.22. The van der Waals surface area contributed by atoms with Gasteiger partial charge in [-0.25, -0.2) is 4.79 Å². The van der Waals surface area contributed by atoms with Crippen LogP contribution in [0, 0.1) is 5.92 Å². The molecule has 0 saturated heterocycles. The summed E-state index contributed by atoms with van der Waals surface area (Å²) in [5, 5.41) is 0. The first-order valence-corrected chi connectivity index (χ1v) is 4.09. The van der Waals surface area contributed by atoms with Gasteiger partial charge >= 0.3 is 5.69 Å². The maximum absolute atomic E-state index is 10.8. The molecule has 12 heavy (non-hydrogen) atoms. The Morgan fingerprint density at radius 1 is 1.67 bits per heavy atom. The molecule has 2 rings (SSSR count). The van der Waals surface area contributed by atoms with Gasteiger partial charge in [-0.05, 0) is 25.2 Å². The lowest BCUT2D eigenvalue weighted by atomic mass is 10.2. The molecule has 3 N–H and O–H groups in total. The molecule has 4 heteroatoms. The van der Waals surface area contributed by atoms with Gasteiger partial charge in [-0.2, -0.15) is 4.98 Å². The number of anilines is 1. The average molecular weight is 165 g/mol. The van der Waals surface area contributed by atoms with E-state index < -0.39 is 0 Å². The van der Waals surface area contributed by atoms with Gasteiger partial charge in [-0.3, -0.25) is 0 Å². The number of hydrogen-bond acceptors (Lipinski definition) is 3. The molecule has 0 spiro atoms. The van der Waals surface area contributed by atoms with Gasteiger partial charge in [0.25, 0.3) is 0 Å². The lowest BCUT2D eigenvalue weighted by molar-refractivity contribution is 0.794. The third-order valence-electron chi connectivity index (χ3n) is 2.12. The number of rotatable bonds is 2. The molecule has 1 aliphatic rings. The van der Waals surface area contributed by atoms with Crippen LogP contribution in [-0.4, -0.2) is 9.97 Å². The van der Waals surface area contributed by atoms with Gasteiger partial charge in [0.2, 0.25) is 0 Å². The van der Waals surface area contributed by atoms with E-state index in [-0.39, 0.29) is 5.69 Å². The van der Waals surface area contributed by atoms with Gasteiger partial charge in [0.05, 0.1) is 11.9 Å². The molecular weight excluding hydrogens is 154 g/mol. The van der Waals surface area contributed by atoms with Crippen LogP contribution in [0.3, 0.4) is 0 Å². The van der Waals surface area contributed by atoms with Gasteiger partial charge in [0.1, 0.15) is 0 Å². The number of H-pyrrole nitrogens is 1. The van der Waals surface area contributed by atoms with Crippen LogP contribution < -0.4 is 11.4 Å². The fourth-order valence-electron chi connectivity index (χ4n) is 1.22. The first-order valence-electron chi connectivity index (χ1n) is 4.09. The predicted octanol–water partition coefficient (Wildman–Crippen LogP) is 0.305. The summed E-state index contributed by atoms with van der Waals surface area (Å²) in [7, 11) is 0. The second-order valence-electron chi connectivity index (χ2n) is 3.27. The van der Waals surface area contributed by atoms with Crippen LogP contribution in [0.25, 0.3) is 0 Å². The average Bonchev–Trinajstić information content (AvgIpc) is 2.81. The molecular formula is C8H11N3O. The van der Waals surface area contributed by atoms with E-state index >= 15 is 0 Å². The highest BCUT2D eigenvalue weighted by molar-refractivity contribution is 5.39. The van der Waals surface area contributed by atoms with Crippen molar-refractivity contribution in [2.75, 3.05) is 5.73 Å². The molecule has 0 aromatic carbocycles. The molecule has 4 nitrogen and oxygen atoms in total. The highest BCUT2D eigenvalue weighted by Crippen LogP contribution is 2.32. The summed E-state index contributed by atoms with van der Waals surface area (Å²) < 4.78 is 0. The zero-order chi connectivity index (χ0) is 8.55. The number of nitrogens with one attached hydrogen (secondary N) is 1. The van der Waals surface area contributed by atoms with Gasteiger partial charge in [0, 0.05) is 5.69 Å². The first kappa shape index (κ1) is 7.34. The van der Waals surface area contributed by atoms with E-state index in [1.54, 1.807) is 0 Å². The molecule has 0 aliphatic heterocycles. The largest absolute Gasteiger partial charge is 0.396 e. The van der Waals surface area contributed by atoms with E-state index in [9.17, 15) is 4.79 Å². The van der Waals surface area contributed by atoms with E-state index in [2.05, 4.69) is 9.97 Å². The zero-order valence-corrected chi connectivity index (χ0v) is 6.71. The van der Waals surface area contributed by atoms with Crippen molar-refractivity contribution >= 4 is 5.69 Å². The van der Waals surface area contributed by atoms with E-state index in [1.807, 2.05) is 0 Å². The van der Waals surface area contributed by atoms with Crippen molar-refractivity contribution < 1.29 is 0 Å². The SMILES string of the molecule is Nc1cnc(=O)[nH]c1CC1CC1. The Morgan fingerprint density at radius 3 is 3.08 bits per heavy atom. The van der Waals surface area contributed by atoms with Crippen LogP contribution >= 0.6 is 0 Å². The summed E-state index contributed by atoms with van der Waals surface area (Å²) in [5.74, 6) is 0.727. The van der Waals surface area contributed by atoms with Crippen LogP contribution in [0.2, 0.25) is 0 Å². The maximum atomic E-state index is 10.8. The number of aromatic amines is 1. The van der Waals surface area contributed by atoms with Crippen LogP contribution in [0.4, 0.5) is 5.69 Å². The van der Waals surface area contributed by atoms with Gasteiger partial charge in [-0.15, -0.1) is 0 Å². The molecule has 64 valence electrons. The number of aromatic nitrogens is 2. The van der Waals surface area contributed by atoms with E-state index in [0.717, 1.165) is 18.0 Å². The summed E-state index contributed by atoms with van der Waals surface area (Å²) in [6, 6.07) is 0. The minimum atomic E-state index is -0.306. The number of nitrogen functional groups attached to an aromatic ring is 1. The first-order chi connectivity index (χ1) is 5.75. The second kappa shape index (κ2) is 2.62. The Kier molecular flexibility index (Phi) is 1.60. The van der Waals surface area contributed by atoms with Crippen LogP contribution in [0.15, 0.2) is 11.0 Å². The highest BCUT2D eigenvalue weighted by atomic mass is 16.1. The Morgan fingerprint density at radius 2 is 2.42 bits per heavy atom. The number of nitrogens with two attached hydrogens (primary N) is 1. The van der Waals surface area contributed by atoms with Gasteiger partial charge < -0.3 is 10.7 Å². The van der Waals surface area contributed by atoms with E-state index in [1.165, 1.54) is 19.0 Å². The summed E-state index contributed by atoms with van der Waals surface area (Å²) in [5.41, 5.74) is 6.77. The normalized spacial score (nSPS) is 16.3. The summed E-state index contributed by atoms with van der Waals surface area (Å²) in [6.45, 7) is 0. The third-order valence-corrected chi connectivity index (χ3v) is 2.12. The van der Waals surface area contributed by atoms with Crippen LogP contribution in [0.5, 0.6) is 0 Å². The van der Waals surface area contributed by atoms with Crippen molar-refractivity contribution in [1.82, 2.24) is 9.97 Å². The molecule has 0 amide bonds. The second-order valence-corrected chi connectivity index (χ2v) is 3.27. The summed E-state index contributed by atoms with van der Waals surface area (Å²) in [6.07, 6.45) is 4.83. The molecule has 0 atom stereocenters. The quantitative estimate of drug-likeness (QED) is 0.662. The van der Waals surface area contributed by atoms with Crippen molar-refractivity contribution in [3.63, 3.8) is 0 Å². The molecule has 1 aromatic heterocycles. The maximum Gasteiger partial charge on any atom is 0.345 e. The molecule has 0 bridgehead atoms. The van der Waals surface area contributed by atoms with E-state index in [4.69, 9.17) is 5.73 Å². The summed E-state index contributed by atoms with van der Waals surface area (Å²) >= 11 is 0. The monoisotopic (exact) mass is 165 g/mol. The van der Waals surface area contributed by atoms with Crippen molar-refractivity contribution in [3.8, 4) is 0 Å². The Hall–Kier alpha value is -1.32. The zero-order valence-electron chi connectivity index (χ0n) is 6.71. The minimum absolute atomic E-state index is 0.306. The van der Waals surface area contributed by atoms with Crippen molar-refractivity contribution in [2.24, 2.45) is 5.92 Å². The molecule has 1 aliphatic carbocycles. The van der Waals surface area contributed by atoms with Crippen molar-refractivity contribution in [2.45, 2.75) is 19.3 Å². The standard InChI is InChI=1S/C8H11N3O/c9-6-4-10-8(12)11-7(6)3-5-1-2-5/h4-5H,1-3,9H2,(H,10,11,12). The van der Waals surface area contributed by atoms with Gasteiger partial charge in [-0.1, -0.05) is 0 Å². The predicted molar refractivity (Wildman–Crippen MR) is 45.7 cm³/mol. The fourth-order valence-corrected chi connectivity index (χ4v) is 1.22. The number of hydrogen-bond donors (Lipinski definition) is 2. The van der Waals surface area contributed by atoms with Gasteiger partial charge in [0.15, 0.2) is 0 Å². The van der Waals surface area contributed by atoms with E-state index in [0.29, 0.717) is 5.69 Å². The molecule has 1 fully saturated rings. The Labute approximate surface area is 69.8 Å². The van der Waals surface area contributed by atoms with Crippen molar-refractivity contribution in [1.29, 1.82) is 0 Å². The topological polar surface area (TPSA) is 71.8 Å². The number of nitrogens with zero attached hydrogens (tertiary/aromatic N) is 1. The molecule has 0 unspecified atom stereocenters. The molecule has 1 aromatic rings. The molecule has 1 heterocycles. The van der Waals surface area contributed by atoms with Crippen molar-refractivity contribution in [3.05, 3.63) is 22.4 Å². The van der Waals surface area contributed by atoms with Crippen LogP contribution in [0.1, 0.15) is 18.5 Å². The lowest BCUT2D eigenvalue weighted by Crippen LogP contribution is -2.14. The van der Waals surface area contributed by atoms with Crippen LogP contribution in [-0.2, 0) is 6.42 Å². The minimum Gasteiger partial charge on any atom is -0.396 e. The smallest absolute Gasteiger partial charge is 0.345 e. The Bertz CT molecular complexity index is 340.